The summed E-state index contributed by atoms with van der Waals surface area (Å²) in [4.78, 5) is 0.241. The number of anilines is 1. The maximum absolute atomic E-state index is 12.5. The quantitative estimate of drug-likeness (QED) is 0.736. The fraction of sp³-hybridized carbons (Fsp3) is 0.100. The highest BCUT2D eigenvalue weighted by molar-refractivity contribution is 7.92. The van der Waals surface area contributed by atoms with Crippen molar-refractivity contribution in [1.29, 1.82) is 0 Å². The molecule has 0 saturated heterocycles. The van der Waals surface area contributed by atoms with Crippen LogP contribution in [0.1, 0.15) is 5.56 Å². The van der Waals surface area contributed by atoms with Crippen molar-refractivity contribution in [2.45, 2.75) is 11.8 Å². The van der Waals surface area contributed by atoms with Crippen LogP contribution < -0.4 is 9.46 Å². The molecule has 0 amide bonds. The molecule has 0 radical (unpaired) electrons. The summed E-state index contributed by atoms with van der Waals surface area (Å²) < 4.78 is 32.9. The van der Waals surface area contributed by atoms with Gasteiger partial charge in [0.25, 0.3) is 10.0 Å². The van der Waals surface area contributed by atoms with Crippen LogP contribution in [-0.2, 0) is 10.0 Å². The highest BCUT2D eigenvalue weighted by atomic mass is 32.2. The molecule has 0 fully saturated rings. The molecule has 0 aliphatic heterocycles. The number of nitrogens with one attached hydrogen (secondary N) is 1. The third-order valence-electron chi connectivity index (χ3n) is 3.85. The van der Waals surface area contributed by atoms with Crippen molar-refractivity contribution in [2.24, 2.45) is 0 Å². The van der Waals surface area contributed by atoms with Gasteiger partial charge in [0.2, 0.25) is 0 Å². The second-order valence-corrected chi connectivity index (χ2v) is 7.41. The van der Waals surface area contributed by atoms with E-state index in [0.29, 0.717) is 5.69 Å². The average Bonchev–Trinajstić information content (AvgIpc) is 2.62. The molecule has 4 nitrogen and oxygen atoms in total. The molecule has 25 heavy (non-hydrogen) atoms. The number of benzene rings is 3. The van der Waals surface area contributed by atoms with E-state index in [2.05, 4.69) is 4.72 Å². The lowest BCUT2D eigenvalue weighted by molar-refractivity contribution is 0.415. The van der Waals surface area contributed by atoms with Crippen molar-refractivity contribution < 1.29 is 13.2 Å². The van der Waals surface area contributed by atoms with Gasteiger partial charge in [-0.2, -0.15) is 0 Å². The summed E-state index contributed by atoms with van der Waals surface area (Å²) in [6.45, 7) is 1.92. The summed E-state index contributed by atoms with van der Waals surface area (Å²) >= 11 is 0. The minimum Gasteiger partial charge on any atom is -0.497 e. The Morgan fingerprint density at radius 2 is 1.48 bits per heavy atom. The third-order valence-corrected chi connectivity index (χ3v) is 5.25. The Labute approximate surface area is 148 Å². The van der Waals surface area contributed by atoms with Gasteiger partial charge in [-0.15, -0.1) is 0 Å². The predicted molar refractivity (Wildman–Crippen MR) is 100 cm³/mol. The SMILES string of the molecule is COc1cccc(-c2cccc(NS(=O)(=O)c3ccc(C)cc3)c2)c1. The first-order valence-corrected chi connectivity index (χ1v) is 9.30. The molecule has 0 saturated carbocycles. The van der Waals surface area contributed by atoms with Gasteiger partial charge < -0.3 is 4.74 Å². The van der Waals surface area contributed by atoms with Crippen molar-refractivity contribution in [3.63, 3.8) is 0 Å². The fourth-order valence-corrected chi connectivity index (χ4v) is 3.55. The molecule has 0 aliphatic rings. The highest BCUT2D eigenvalue weighted by Gasteiger charge is 2.14. The Morgan fingerprint density at radius 1 is 0.840 bits per heavy atom. The molecule has 3 rings (SSSR count). The monoisotopic (exact) mass is 353 g/mol. The number of methoxy groups -OCH3 is 1. The van der Waals surface area contributed by atoms with Crippen LogP contribution in [0.5, 0.6) is 5.75 Å². The zero-order valence-electron chi connectivity index (χ0n) is 14.1. The van der Waals surface area contributed by atoms with E-state index >= 15 is 0 Å². The summed E-state index contributed by atoms with van der Waals surface area (Å²) in [7, 11) is -2.00. The van der Waals surface area contributed by atoms with E-state index in [4.69, 9.17) is 4.74 Å². The largest absolute Gasteiger partial charge is 0.497 e. The maximum atomic E-state index is 12.5. The van der Waals surface area contributed by atoms with Gasteiger partial charge in [-0.05, 0) is 54.4 Å². The van der Waals surface area contributed by atoms with Gasteiger partial charge in [0.05, 0.1) is 12.0 Å². The standard InChI is InChI=1S/C20H19NO3S/c1-15-9-11-20(12-10-15)25(22,23)21-18-7-3-5-16(13-18)17-6-4-8-19(14-17)24-2/h3-14,21H,1-2H3. The molecule has 0 unspecified atom stereocenters. The van der Waals surface area contributed by atoms with Crippen molar-refractivity contribution in [2.75, 3.05) is 11.8 Å². The topological polar surface area (TPSA) is 55.4 Å². The van der Waals surface area contributed by atoms with Crippen molar-refractivity contribution in [1.82, 2.24) is 0 Å². The van der Waals surface area contributed by atoms with Crippen LogP contribution in [0.4, 0.5) is 5.69 Å². The minimum absolute atomic E-state index is 0.241. The summed E-state index contributed by atoms with van der Waals surface area (Å²) in [5, 5.41) is 0. The smallest absolute Gasteiger partial charge is 0.261 e. The van der Waals surface area contributed by atoms with Crippen LogP contribution in [0.2, 0.25) is 0 Å². The molecule has 0 bridgehead atoms. The van der Waals surface area contributed by atoms with E-state index < -0.39 is 10.0 Å². The lowest BCUT2D eigenvalue weighted by Gasteiger charge is -2.10. The maximum Gasteiger partial charge on any atom is 0.261 e. The van der Waals surface area contributed by atoms with Gasteiger partial charge in [0, 0.05) is 5.69 Å². The first kappa shape index (κ1) is 17.0. The van der Waals surface area contributed by atoms with E-state index in [1.54, 1.807) is 43.5 Å². The van der Waals surface area contributed by atoms with E-state index in [9.17, 15) is 8.42 Å². The van der Waals surface area contributed by atoms with Crippen LogP contribution in [0.25, 0.3) is 11.1 Å². The number of rotatable bonds is 5. The lowest BCUT2D eigenvalue weighted by Crippen LogP contribution is -2.12. The normalized spacial score (nSPS) is 11.1. The Morgan fingerprint density at radius 3 is 2.16 bits per heavy atom. The molecule has 0 atom stereocenters. The van der Waals surface area contributed by atoms with E-state index in [1.807, 2.05) is 43.3 Å². The molecule has 0 heterocycles. The van der Waals surface area contributed by atoms with Crippen LogP contribution in [0, 0.1) is 6.92 Å². The summed E-state index contributed by atoms with van der Waals surface area (Å²) in [5.74, 6) is 0.753. The number of sulfonamides is 1. The number of ether oxygens (including phenoxy) is 1. The Hall–Kier alpha value is -2.79. The minimum atomic E-state index is -3.62. The molecule has 3 aromatic carbocycles. The Kier molecular flexibility index (Phi) is 4.76. The van der Waals surface area contributed by atoms with Gasteiger partial charge in [0.1, 0.15) is 5.75 Å². The van der Waals surface area contributed by atoms with Crippen molar-refractivity contribution in [3.8, 4) is 16.9 Å². The van der Waals surface area contributed by atoms with E-state index in [0.717, 1.165) is 22.4 Å². The Bertz CT molecular complexity index is 980. The van der Waals surface area contributed by atoms with Crippen LogP contribution in [0.3, 0.4) is 0 Å². The number of hydrogen-bond donors (Lipinski definition) is 1. The molecule has 128 valence electrons. The first-order valence-electron chi connectivity index (χ1n) is 7.82. The zero-order chi connectivity index (χ0) is 17.9. The number of hydrogen-bond acceptors (Lipinski definition) is 3. The van der Waals surface area contributed by atoms with Crippen LogP contribution >= 0.6 is 0 Å². The van der Waals surface area contributed by atoms with Crippen molar-refractivity contribution >= 4 is 15.7 Å². The predicted octanol–water partition coefficient (Wildman–Crippen LogP) is 4.47. The van der Waals surface area contributed by atoms with Crippen LogP contribution in [0.15, 0.2) is 77.7 Å². The van der Waals surface area contributed by atoms with Gasteiger partial charge in [0.15, 0.2) is 0 Å². The Balaban J connectivity index is 1.90. The van der Waals surface area contributed by atoms with E-state index in [-0.39, 0.29) is 4.90 Å². The second-order valence-electron chi connectivity index (χ2n) is 5.73. The molecule has 0 aromatic heterocycles. The highest BCUT2D eigenvalue weighted by Crippen LogP contribution is 2.27. The first-order chi connectivity index (χ1) is 12.0. The lowest BCUT2D eigenvalue weighted by atomic mass is 10.1. The molecule has 0 aliphatic carbocycles. The van der Waals surface area contributed by atoms with Crippen molar-refractivity contribution in [3.05, 3.63) is 78.4 Å². The molecule has 1 N–H and O–H groups in total. The van der Waals surface area contributed by atoms with Gasteiger partial charge in [-0.1, -0.05) is 42.0 Å². The molecule has 5 heteroatoms. The van der Waals surface area contributed by atoms with Crippen LogP contribution in [-0.4, -0.2) is 15.5 Å². The molecule has 0 spiro atoms. The molecular weight excluding hydrogens is 334 g/mol. The summed E-state index contributed by atoms with van der Waals surface area (Å²) in [6.07, 6.45) is 0. The number of aryl methyl sites for hydroxylation is 1. The third kappa shape index (κ3) is 4.00. The van der Waals surface area contributed by atoms with Gasteiger partial charge in [-0.25, -0.2) is 8.42 Å². The van der Waals surface area contributed by atoms with E-state index in [1.165, 1.54) is 0 Å². The van der Waals surface area contributed by atoms with Gasteiger partial charge >= 0.3 is 0 Å². The second kappa shape index (κ2) is 6.99. The summed E-state index contributed by atoms with van der Waals surface area (Å²) in [5.41, 5.74) is 3.39. The fourth-order valence-electron chi connectivity index (χ4n) is 2.50. The summed E-state index contributed by atoms with van der Waals surface area (Å²) in [6, 6.07) is 21.7. The molecular formula is C20H19NO3S. The molecule has 3 aromatic rings. The zero-order valence-corrected chi connectivity index (χ0v) is 14.9. The van der Waals surface area contributed by atoms with Gasteiger partial charge in [-0.3, -0.25) is 4.72 Å². The average molecular weight is 353 g/mol.